The van der Waals surface area contributed by atoms with Crippen LogP contribution in [0.1, 0.15) is 28.4 Å². The van der Waals surface area contributed by atoms with Crippen LogP contribution < -0.4 is 5.32 Å². The fraction of sp³-hybridized carbons (Fsp3) is 0.350. The number of hydrogen-bond donors (Lipinski definition) is 2. The maximum atomic E-state index is 13.2. The normalized spacial score (nSPS) is 12.3. The highest BCUT2D eigenvalue weighted by atomic mass is 19.1. The molecule has 1 atom stereocenters. The van der Waals surface area contributed by atoms with Crippen molar-refractivity contribution in [3.63, 3.8) is 0 Å². The number of aryl methyl sites for hydroxylation is 2. The zero-order chi connectivity index (χ0) is 18.6. The van der Waals surface area contributed by atoms with Crippen LogP contribution in [-0.2, 0) is 4.79 Å². The molecule has 0 heterocycles. The third-order valence-corrected chi connectivity index (χ3v) is 4.37. The van der Waals surface area contributed by atoms with Gasteiger partial charge in [0, 0.05) is 12.2 Å². The fourth-order valence-electron chi connectivity index (χ4n) is 2.79. The van der Waals surface area contributed by atoms with Crippen molar-refractivity contribution in [3.8, 4) is 0 Å². The van der Waals surface area contributed by atoms with Gasteiger partial charge in [-0.3, -0.25) is 9.69 Å². The Morgan fingerprint density at radius 2 is 1.92 bits per heavy atom. The number of aliphatic hydroxyl groups excluding tert-OH is 1. The highest BCUT2D eigenvalue weighted by Gasteiger charge is 2.16. The third-order valence-electron chi connectivity index (χ3n) is 4.37. The van der Waals surface area contributed by atoms with Crippen molar-refractivity contribution < 1.29 is 14.3 Å². The summed E-state index contributed by atoms with van der Waals surface area (Å²) in [4.78, 5) is 14.0. The molecule has 0 aromatic heterocycles. The Hall–Kier alpha value is -2.24. The molecule has 2 aromatic rings. The van der Waals surface area contributed by atoms with Gasteiger partial charge >= 0.3 is 0 Å². The van der Waals surface area contributed by atoms with Crippen molar-refractivity contribution in [2.75, 3.05) is 25.5 Å². The lowest BCUT2D eigenvalue weighted by Crippen LogP contribution is -2.33. The molecular weight excluding hydrogens is 319 g/mol. The summed E-state index contributed by atoms with van der Waals surface area (Å²) in [6.07, 6.45) is -0.779. The average Bonchev–Trinajstić information content (AvgIpc) is 2.51. The molecule has 2 N–H and O–H groups in total. The van der Waals surface area contributed by atoms with Crippen molar-refractivity contribution in [1.29, 1.82) is 0 Å². The Balaban J connectivity index is 1.93. The van der Waals surface area contributed by atoms with Gasteiger partial charge in [-0.1, -0.05) is 18.2 Å². The molecule has 134 valence electrons. The minimum atomic E-state index is -0.779. The van der Waals surface area contributed by atoms with Crippen molar-refractivity contribution in [2.45, 2.75) is 26.9 Å². The van der Waals surface area contributed by atoms with Gasteiger partial charge < -0.3 is 10.4 Å². The van der Waals surface area contributed by atoms with E-state index in [1.807, 2.05) is 32.0 Å². The minimum absolute atomic E-state index is 0.140. The van der Waals surface area contributed by atoms with Gasteiger partial charge in [0.05, 0.1) is 12.6 Å². The summed E-state index contributed by atoms with van der Waals surface area (Å²) in [5, 5.41) is 13.3. The molecule has 4 nitrogen and oxygen atoms in total. The Bertz CT molecular complexity index is 761. The summed E-state index contributed by atoms with van der Waals surface area (Å²) in [5.74, 6) is -0.464. The topological polar surface area (TPSA) is 52.6 Å². The lowest BCUT2D eigenvalue weighted by molar-refractivity contribution is -0.117. The minimum Gasteiger partial charge on any atom is -0.387 e. The number of amides is 1. The molecule has 0 aliphatic rings. The SMILES string of the molecule is Cc1cc(F)ccc1C(O)CN(C)CC(=O)Nc1cccc(C)c1C. The van der Waals surface area contributed by atoms with E-state index in [0.717, 1.165) is 16.8 Å². The maximum Gasteiger partial charge on any atom is 0.238 e. The number of benzene rings is 2. The summed E-state index contributed by atoms with van der Waals surface area (Å²) in [7, 11) is 1.77. The maximum absolute atomic E-state index is 13.2. The van der Waals surface area contributed by atoms with Gasteiger partial charge in [-0.05, 0) is 68.3 Å². The molecule has 0 bridgehead atoms. The Labute approximate surface area is 148 Å². The van der Waals surface area contributed by atoms with Crippen LogP contribution in [0.3, 0.4) is 0 Å². The number of nitrogens with zero attached hydrogens (tertiary/aromatic N) is 1. The van der Waals surface area contributed by atoms with E-state index in [-0.39, 0.29) is 24.8 Å². The lowest BCUT2D eigenvalue weighted by atomic mass is 10.0. The van der Waals surface area contributed by atoms with Crippen LogP contribution in [-0.4, -0.2) is 36.1 Å². The first-order valence-electron chi connectivity index (χ1n) is 8.26. The van der Waals surface area contributed by atoms with E-state index >= 15 is 0 Å². The third kappa shape index (κ3) is 5.11. The fourth-order valence-corrected chi connectivity index (χ4v) is 2.79. The average molecular weight is 344 g/mol. The van der Waals surface area contributed by atoms with Crippen LogP contribution >= 0.6 is 0 Å². The molecule has 0 saturated heterocycles. The monoisotopic (exact) mass is 344 g/mol. The second-order valence-electron chi connectivity index (χ2n) is 6.51. The predicted octanol–water partition coefficient (Wildman–Crippen LogP) is 3.35. The van der Waals surface area contributed by atoms with Crippen LogP contribution in [0.4, 0.5) is 10.1 Å². The van der Waals surface area contributed by atoms with Gasteiger partial charge in [-0.15, -0.1) is 0 Å². The molecule has 25 heavy (non-hydrogen) atoms. The Morgan fingerprint density at radius 1 is 1.20 bits per heavy atom. The molecular formula is C20H25FN2O2. The molecule has 5 heteroatoms. The van der Waals surface area contributed by atoms with E-state index in [9.17, 15) is 14.3 Å². The van der Waals surface area contributed by atoms with E-state index in [1.54, 1.807) is 24.9 Å². The van der Waals surface area contributed by atoms with E-state index in [2.05, 4.69) is 5.32 Å². The zero-order valence-electron chi connectivity index (χ0n) is 15.1. The summed E-state index contributed by atoms with van der Waals surface area (Å²) in [6, 6.07) is 10.1. The molecule has 0 fully saturated rings. The van der Waals surface area contributed by atoms with Crippen LogP contribution in [0.5, 0.6) is 0 Å². The number of carbonyl (C=O) groups excluding carboxylic acids is 1. The summed E-state index contributed by atoms with van der Waals surface area (Å²) in [6.45, 7) is 6.17. The van der Waals surface area contributed by atoms with Gasteiger partial charge in [0.25, 0.3) is 0 Å². The molecule has 0 spiro atoms. The highest BCUT2D eigenvalue weighted by Crippen LogP contribution is 2.20. The van der Waals surface area contributed by atoms with Gasteiger partial charge in [-0.25, -0.2) is 4.39 Å². The van der Waals surface area contributed by atoms with Crippen LogP contribution in [0.15, 0.2) is 36.4 Å². The van der Waals surface area contributed by atoms with Crippen LogP contribution in [0.2, 0.25) is 0 Å². The quantitative estimate of drug-likeness (QED) is 0.845. The number of anilines is 1. The van der Waals surface area contributed by atoms with Gasteiger partial charge in [0.2, 0.25) is 5.91 Å². The van der Waals surface area contributed by atoms with E-state index in [0.29, 0.717) is 11.1 Å². The van der Waals surface area contributed by atoms with Gasteiger partial charge in [-0.2, -0.15) is 0 Å². The Morgan fingerprint density at radius 3 is 2.60 bits per heavy atom. The molecule has 1 amide bonds. The number of rotatable bonds is 6. The van der Waals surface area contributed by atoms with E-state index in [4.69, 9.17) is 0 Å². The summed E-state index contributed by atoms with van der Waals surface area (Å²) >= 11 is 0. The highest BCUT2D eigenvalue weighted by molar-refractivity contribution is 5.93. The first-order chi connectivity index (χ1) is 11.8. The smallest absolute Gasteiger partial charge is 0.238 e. The number of aliphatic hydroxyl groups is 1. The standard InChI is InChI=1S/C20H25FN2O2/c1-13-6-5-7-18(15(13)3)22-20(25)12-23(4)11-19(24)17-9-8-16(21)10-14(17)2/h5-10,19,24H,11-12H2,1-4H3,(H,22,25). The van der Waals surface area contributed by atoms with E-state index < -0.39 is 6.10 Å². The number of hydrogen-bond acceptors (Lipinski definition) is 3. The summed E-state index contributed by atoms with van der Waals surface area (Å²) < 4.78 is 13.2. The van der Waals surface area contributed by atoms with Gasteiger partial charge in [0.1, 0.15) is 5.82 Å². The summed E-state index contributed by atoms with van der Waals surface area (Å²) in [5.41, 5.74) is 4.33. The van der Waals surface area contributed by atoms with Crippen molar-refractivity contribution >= 4 is 11.6 Å². The van der Waals surface area contributed by atoms with Crippen molar-refractivity contribution in [1.82, 2.24) is 4.90 Å². The number of carbonyl (C=O) groups is 1. The first kappa shape index (κ1) is 19.1. The number of halogens is 1. The van der Waals surface area contributed by atoms with Crippen LogP contribution in [0.25, 0.3) is 0 Å². The molecule has 0 aliphatic heterocycles. The Kier molecular flexibility index (Phi) is 6.28. The largest absolute Gasteiger partial charge is 0.387 e. The first-order valence-corrected chi connectivity index (χ1v) is 8.26. The molecule has 0 radical (unpaired) electrons. The molecule has 1 unspecified atom stereocenters. The predicted molar refractivity (Wildman–Crippen MR) is 98.1 cm³/mol. The lowest BCUT2D eigenvalue weighted by Gasteiger charge is -2.22. The molecule has 0 saturated carbocycles. The molecule has 2 rings (SSSR count). The second kappa shape index (κ2) is 8.23. The van der Waals surface area contributed by atoms with Gasteiger partial charge in [0.15, 0.2) is 0 Å². The van der Waals surface area contributed by atoms with Crippen molar-refractivity contribution in [3.05, 3.63) is 64.5 Å². The van der Waals surface area contributed by atoms with Crippen molar-refractivity contribution in [2.24, 2.45) is 0 Å². The second-order valence-corrected chi connectivity index (χ2v) is 6.51. The van der Waals surface area contributed by atoms with Crippen LogP contribution in [0, 0.1) is 26.6 Å². The van der Waals surface area contributed by atoms with E-state index in [1.165, 1.54) is 12.1 Å². The zero-order valence-corrected chi connectivity index (χ0v) is 15.1. The molecule has 0 aliphatic carbocycles. The molecule has 2 aromatic carbocycles. The number of nitrogens with one attached hydrogen (secondary N) is 1. The number of likely N-dealkylation sites (N-methyl/N-ethyl adjacent to an activating group) is 1.